The second-order valence-corrected chi connectivity index (χ2v) is 4.84. The lowest BCUT2D eigenvalue weighted by Crippen LogP contribution is -2.29. The van der Waals surface area contributed by atoms with Gasteiger partial charge in [0, 0.05) is 24.2 Å². The van der Waals surface area contributed by atoms with E-state index in [9.17, 15) is 0 Å². The van der Waals surface area contributed by atoms with Crippen molar-refractivity contribution in [1.29, 1.82) is 5.26 Å². The zero-order valence-corrected chi connectivity index (χ0v) is 14.2. The Morgan fingerprint density at radius 3 is 2.45 bits per heavy atom. The van der Waals surface area contributed by atoms with Gasteiger partial charge in [-0.1, -0.05) is 45.9 Å². The Balaban J connectivity index is 0.00000116. The van der Waals surface area contributed by atoms with Crippen LogP contribution in [0, 0.1) is 11.3 Å². The fourth-order valence-corrected chi connectivity index (χ4v) is 2.61. The molecule has 0 spiro atoms. The van der Waals surface area contributed by atoms with Crippen molar-refractivity contribution in [2.45, 2.75) is 53.4 Å². The number of fused-ring (bicyclic) bond motifs is 1. The predicted octanol–water partition coefficient (Wildman–Crippen LogP) is 4.10. The molecule has 2 aromatic rings. The highest BCUT2D eigenvalue weighted by Gasteiger charge is 2.03. The summed E-state index contributed by atoms with van der Waals surface area (Å²) in [4.78, 5) is 4.26. The summed E-state index contributed by atoms with van der Waals surface area (Å²) in [6, 6.07) is 6.51. The van der Waals surface area contributed by atoms with Crippen LogP contribution in [0.2, 0.25) is 0 Å². The summed E-state index contributed by atoms with van der Waals surface area (Å²) in [5, 5.41) is 13.8. The zero-order valence-electron chi connectivity index (χ0n) is 14.2. The fourth-order valence-electron chi connectivity index (χ4n) is 2.61. The van der Waals surface area contributed by atoms with Crippen molar-refractivity contribution in [3.05, 3.63) is 40.5 Å². The van der Waals surface area contributed by atoms with Crippen LogP contribution in [0.15, 0.2) is 24.5 Å². The van der Waals surface area contributed by atoms with Gasteiger partial charge < -0.3 is 0 Å². The highest BCUT2D eigenvalue weighted by Crippen LogP contribution is 2.09. The lowest BCUT2D eigenvalue weighted by atomic mass is 9.98. The number of hydrogen-bond acceptors (Lipinski definition) is 2. The number of hydrogen-bond donors (Lipinski definition) is 0. The summed E-state index contributed by atoms with van der Waals surface area (Å²) < 4.78 is 0. The van der Waals surface area contributed by atoms with Crippen molar-refractivity contribution < 1.29 is 0 Å². The molecule has 0 atom stereocenters. The van der Waals surface area contributed by atoms with Gasteiger partial charge in [0.25, 0.3) is 0 Å². The molecule has 2 nitrogen and oxygen atoms in total. The van der Waals surface area contributed by atoms with Crippen LogP contribution in [0.4, 0.5) is 0 Å². The molecule has 1 heterocycles. The summed E-state index contributed by atoms with van der Waals surface area (Å²) in [6.07, 6.45) is 11.7. The average molecular weight is 294 g/mol. The van der Waals surface area contributed by atoms with E-state index < -0.39 is 0 Å². The molecule has 0 aliphatic rings. The number of rotatable bonds is 4. The van der Waals surface area contributed by atoms with E-state index in [2.05, 4.69) is 43.1 Å². The summed E-state index contributed by atoms with van der Waals surface area (Å²) in [5.74, 6) is 0. The Labute approximate surface area is 133 Å². The van der Waals surface area contributed by atoms with Crippen LogP contribution in [0.1, 0.15) is 52.5 Å². The molecule has 22 heavy (non-hydrogen) atoms. The van der Waals surface area contributed by atoms with E-state index in [1.165, 1.54) is 26.8 Å². The van der Waals surface area contributed by atoms with Crippen molar-refractivity contribution >= 4 is 22.9 Å². The molecular formula is C20H26N2. The third-order valence-electron chi connectivity index (χ3n) is 3.43. The first kappa shape index (κ1) is 17.9. The maximum absolute atomic E-state index is 8.86. The molecule has 1 aromatic carbocycles. The lowest BCUT2D eigenvalue weighted by Gasteiger charge is -2.06. The van der Waals surface area contributed by atoms with Gasteiger partial charge in [0.2, 0.25) is 0 Å². The molecular weight excluding hydrogens is 268 g/mol. The maximum Gasteiger partial charge on any atom is 0.0625 e. The van der Waals surface area contributed by atoms with Gasteiger partial charge in [-0.15, -0.1) is 0 Å². The van der Waals surface area contributed by atoms with Crippen molar-refractivity contribution in [3.63, 3.8) is 0 Å². The van der Waals surface area contributed by atoms with Crippen LogP contribution in [0.25, 0.3) is 22.9 Å². The first-order valence-electron chi connectivity index (χ1n) is 8.24. The van der Waals surface area contributed by atoms with E-state index in [-0.39, 0.29) is 0 Å². The minimum Gasteiger partial charge on any atom is -0.264 e. The molecule has 0 fully saturated rings. The Bertz CT molecular complexity index is 752. The number of benzene rings is 1. The van der Waals surface area contributed by atoms with Crippen LogP contribution in [0.3, 0.4) is 0 Å². The summed E-state index contributed by atoms with van der Waals surface area (Å²) >= 11 is 0. The zero-order chi connectivity index (χ0) is 16.4. The van der Waals surface area contributed by atoms with Gasteiger partial charge in [-0.2, -0.15) is 5.26 Å². The van der Waals surface area contributed by atoms with E-state index in [0.717, 1.165) is 19.3 Å². The van der Waals surface area contributed by atoms with Crippen LogP contribution in [0.5, 0.6) is 0 Å². The third kappa shape index (κ3) is 4.18. The molecule has 1 aromatic heterocycles. The first-order chi connectivity index (χ1) is 10.8. The average Bonchev–Trinajstić information content (AvgIpc) is 2.57. The topological polar surface area (TPSA) is 36.7 Å². The van der Waals surface area contributed by atoms with Crippen LogP contribution < -0.4 is 10.4 Å². The molecule has 0 bridgehead atoms. The number of pyridine rings is 1. The van der Waals surface area contributed by atoms with E-state index in [0.29, 0.717) is 6.42 Å². The number of aromatic nitrogens is 1. The van der Waals surface area contributed by atoms with Gasteiger partial charge in [0.15, 0.2) is 0 Å². The Hall–Kier alpha value is -2.14. The number of nitriles is 1. The molecule has 0 aliphatic heterocycles. The number of nitrogens with zero attached hydrogens (tertiary/aromatic N) is 2. The molecule has 0 unspecified atom stereocenters. The quantitative estimate of drug-likeness (QED) is 0.851. The second-order valence-electron chi connectivity index (χ2n) is 4.84. The van der Waals surface area contributed by atoms with Crippen molar-refractivity contribution in [3.8, 4) is 6.07 Å². The van der Waals surface area contributed by atoms with Gasteiger partial charge in [0.1, 0.15) is 0 Å². The molecule has 2 rings (SSSR count). The Morgan fingerprint density at radius 2 is 1.82 bits per heavy atom. The van der Waals surface area contributed by atoms with Crippen molar-refractivity contribution in [1.82, 2.24) is 4.98 Å². The third-order valence-corrected chi connectivity index (χ3v) is 3.43. The molecule has 0 saturated heterocycles. The molecule has 0 amide bonds. The number of aryl methyl sites for hydroxylation is 1. The smallest absolute Gasteiger partial charge is 0.0625 e. The van der Waals surface area contributed by atoms with E-state index in [1.807, 2.05) is 32.3 Å². The first-order valence-corrected chi connectivity index (χ1v) is 8.24. The second kappa shape index (κ2) is 9.73. The Morgan fingerprint density at radius 1 is 1.14 bits per heavy atom. The van der Waals surface area contributed by atoms with E-state index in [1.54, 1.807) is 0 Å². The predicted molar refractivity (Wildman–Crippen MR) is 95.8 cm³/mol. The molecule has 0 radical (unpaired) electrons. The molecule has 0 saturated carbocycles. The van der Waals surface area contributed by atoms with Gasteiger partial charge in [0.05, 0.1) is 6.07 Å². The lowest BCUT2D eigenvalue weighted by molar-refractivity contribution is 0.998. The minimum absolute atomic E-state index is 0.562. The van der Waals surface area contributed by atoms with Gasteiger partial charge >= 0.3 is 0 Å². The molecule has 0 aliphatic carbocycles. The summed E-state index contributed by atoms with van der Waals surface area (Å²) in [7, 11) is 0. The van der Waals surface area contributed by atoms with E-state index in [4.69, 9.17) is 5.26 Å². The van der Waals surface area contributed by atoms with E-state index >= 15 is 0 Å². The minimum atomic E-state index is 0.562. The van der Waals surface area contributed by atoms with Gasteiger partial charge in [-0.3, -0.25) is 4.98 Å². The Kier molecular flexibility index (Phi) is 7.92. The fraction of sp³-hybridized carbons (Fsp3) is 0.400. The summed E-state index contributed by atoms with van der Waals surface area (Å²) in [6.45, 7) is 8.30. The van der Waals surface area contributed by atoms with Gasteiger partial charge in [-0.05, 0) is 46.7 Å². The maximum atomic E-state index is 8.86. The highest BCUT2D eigenvalue weighted by molar-refractivity contribution is 5.83. The normalized spacial score (nSPS) is 12.0. The molecule has 116 valence electrons. The van der Waals surface area contributed by atoms with Crippen molar-refractivity contribution in [2.75, 3.05) is 0 Å². The highest BCUT2D eigenvalue weighted by atomic mass is 14.6. The van der Waals surface area contributed by atoms with Crippen molar-refractivity contribution in [2.24, 2.45) is 0 Å². The summed E-state index contributed by atoms with van der Waals surface area (Å²) in [5.41, 5.74) is 1.27. The largest absolute Gasteiger partial charge is 0.264 e. The monoisotopic (exact) mass is 294 g/mol. The molecule has 2 heteroatoms. The van der Waals surface area contributed by atoms with Crippen LogP contribution >= 0.6 is 0 Å². The van der Waals surface area contributed by atoms with Gasteiger partial charge in [-0.25, -0.2) is 0 Å². The standard InChI is InChI=1S/C18H20N2.C2H6/c1-3-6-16-14(8-5-10-19)12-15-9-11-20-13-18(15)17(16)7-4-2;1-2/h6-7,9,11-13H,3-5,8H2,1-2H3;1-2H3/b16-6-,17-7+;. The SMILES string of the molecule is CC.CC/C=c1/c(CCC#N)cc2ccncc2/c1=C/CC. The van der Waals surface area contributed by atoms with Crippen LogP contribution in [-0.4, -0.2) is 4.98 Å². The molecule has 0 N–H and O–H groups in total. The van der Waals surface area contributed by atoms with Crippen LogP contribution in [-0.2, 0) is 6.42 Å².